The maximum atomic E-state index is 13.2. The molecule has 114 valence electrons. The second kappa shape index (κ2) is 6.66. The number of halogens is 2. The van der Waals surface area contributed by atoms with Crippen molar-refractivity contribution in [1.82, 2.24) is 0 Å². The van der Waals surface area contributed by atoms with Crippen molar-refractivity contribution in [3.05, 3.63) is 71.5 Å². The molecule has 2 heteroatoms. The summed E-state index contributed by atoms with van der Waals surface area (Å²) in [4.78, 5) is 0. The van der Waals surface area contributed by atoms with E-state index in [1.54, 1.807) is 12.1 Å². The highest BCUT2D eigenvalue weighted by Gasteiger charge is 2.20. The van der Waals surface area contributed by atoms with Crippen molar-refractivity contribution < 1.29 is 4.39 Å². The van der Waals surface area contributed by atoms with Crippen LogP contribution in [0.3, 0.4) is 0 Å². The van der Waals surface area contributed by atoms with Gasteiger partial charge in [0.15, 0.2) is 0 Å². The molecule has 1 aliphatic rings. The first-order chi connectivity index (χ1) is 10.7. The molecule has 0 radical (unpaired) electrons. The highest BCUT2D eigenvalue weighted by molar-refractivity contribution is 6.31. The van der Waals surface area contributed by atoms with E-state index in [4.69, 9.17) is 11.6 Å². The van der Waals surface area contributed by atoms with E-state index >= 15 is 0 Å². The lowest BCUT2D eigenvalue weighted by Crippen LogP contribution is -2.11. The predicted octanol–water partition coefficient (Wildman–Crippen LogP) is 6.61. The van der Waals surface area contributed by atoms with Crippen LogP contribution in [0.25, 0.3) is 11.1 Å². The zero-order valence-electron chi connectivity index (χ0n) is 12.6. The van der Waals surface area contributed by atoms with Crippen molar-refractivity contribution in [2.45, 2.75) is 31.6 Å². The Labute approximate surface area is 136 Å². The normalized spacial score (nSPS) is 21.5. The average molecular weight is 315 g/mol. The van der Waals surface area contributed by atoms with Crippen molar-refractivity contribution >= 4 is 11.6 Å². The lowest BCUT2D eigenvalue weighted by atomic mass is 9.78. The first-order valence-electron chi connectivity index (χ1n) is 7.85. The number of benzene rings is 2. The molecule has 1 fully saturated rings. The van der Waals surface area contributed by atoms with Gasteiger partial charge in [-0.2, -0.15) is 0 Å². The predicted molar refractivity (Wildman–Crippen MR) is 91.7 cm³/mol. The molecule has 22 heavy (non-hydrogen) atoms. The summed E-state index contributed by atoms with van der Waals surface area (Å²) in [7, 11) is 0. The van der Waals surface area contributed by atoms with Crippen molar-refractivity contribution in [3.63, 3.8) is 0 Å². The third kappa shape index (κ3) is 3.25. The van der Waals surface area contributed by atoms with E-state index in [9.17, 15) is 4.39 Å². The van der Waals surface area contributed by atoms with E-state index < -0.39 is 0 Å². The van der Waals surface area contributed by atoms with Gasteiger partial charge in [-0.25, -0.2) is 4.39 Å². The second-order valence-electron chi connectivity index (χ2n) is 6.10. The molecular formula is C20H20ClF. The van der Waals surface area contributed by atoms with Crippen LogP contribution in [0.2, 0.25) is 5.02 Å². The summed E-state index contributed by atoms with van der Waals surface area (Å²) in [5, 5.41) is 0.171. The Morgan fingerprint density at radius 2 is 1.59 bits per heavy atom. The van der Waals surface area contributed by atoms with Gasteiger partial charge in [-0.05, 0) is 66.3 Å². The summed E-state index contributed by atoms with van der Waals surface area (Å²) in [6, 6.07) is 13.5. The van der Waals surface area contributed by atoms with Gasteiger partial charge in [0.05, 0.1) is 5.02 Å². The molecule has 0 bridgehead atoms. The third-order valence-electron chi connectivity index (χ3n) is 4.74. The van der Waals surface area contributed by atoms with Crippen LogP contribution in [-0.4, -0.2) is 0 Å². The van der Waals surface area contributed by atoms with Crippen LogP contribution < -0.4 is 0 Å². The molecule has 2 aromatic rings. The number of hydrogen-bond donors (Lipinski definition) is 0. The lowest BCUT2D eigenvalue weighted by Gasteiger charge is -2.27. The van der Waals surface area contributed by atoms with E-state index in [0.717, 1.165) is 11.1 Å². The van der Waals surface area contributed by atoms with Crippen LogP contribution in [0.1, 0.15) is 37.2 Å². The average Bonchev–Trinajstić information content (AvgIpc) is 2.58. The summed E-state index contributed by atoms with van der Waals surface area (Å²) >= 11 is 5.86. The van der Waals surface area contributed by atoms with Gasteiger partial charge in [-0.1, -0.05) is 48.0 Å². The van der Waals surface area contributed by atoms with Gasteiger partial charge in [0, 0.05) is 0 Å². The topological polar surface area (TPSA) is 0 Å². The quantitative estimate of drug-likeness (QED) is 0.559. The fourth-order valence-electron chi connectivity index (χ4n) is 3.31. The van der Waals surface area contributed by atoms with Gasteiger partial charge >= 0.3 is 0 Å². The maximum Gasteiger partial charge on any atom is 0.141 e. The Balaban J connectivity index is 1.75. The van der Waals surface area contributed by atoms with Gasteiger partial charge in [0.1, 0.15) is 5.82 Å². The SMILES string of the molecule is C=CC1CCC(c2ccc(-c3ccc(F)c(Cl)c3)cc2)CC1. The minimum atomic E-state index is -0.374. The molecular weight excluding hydrogens is 295 g/mol. The Kier molecular flexibility index (Phi) is 4.63. The molecule has 0 saturated heterocycles. The van der Waals surface area contributed by atoms with E-state index in [2.05, 4.69) is 36.9 Å². The number of hydrogen-bond acceptors (Lipinski definition) is 0. The van der Waals surface area contributed by atoms with Gasteiger partial charge in [-0.3, -0.25) is 0 Å². The van der Waals surface area contributed by atoms with Crippen LogP contribution in [0, 0.1) is 11.7 Å². The summed E-state index contributed by atoms with van der Waals surface area (Å²) in [5.41, 5.74) is 3.43. The molecule has 0 unspecified atom stereocenters. The van der Waals surface area contributed by atoms with E-state index in [1.165, 1.54) is 37.3 Å². The molecule has 1 aliphatic carbocycles. The smallest absolute Gasteiger partial charge is 0.141 e. The Morgan fingerprint density at radius 3 is 2.18 bits per heavy atom. The van der Waals surface area contributed by atoms with Gasteiger partial charge in [-0.15, -0.1) is 6.58 Å². The van der Waals surface area contributed by atoms with Gasteiger partial charge in [0.2, 0.25) is 0 Å². The number of allylic oxidation sites excluding steroid dienone is 1. The molecule has 0 aromatic heterocycles. The van der Waals surface area contributed by atoms with E-state index in [-0.39, 0.29) is 10.8 Å². The third-order valence-corrected chi connectivity index (χ3v) is 5.03. The van der Waals surface area contributed by atoms with E-state index in [0.29, 0.717) is 11.8 Å². The van der Waals surface area contributed by atoms with Crippen LogP contribution >= 0.6 is 11.6 Å². The van der Waals surface area contributed by atoms with E-state index in [1.807, 2.05) is 0 Å². The fourth-order valence-corrected chi connectivity index (χ4v) is 3.49. The summed E-state index contributed by atoms with van der Waals surface area (Å²) in [6.07, 6.45) is 7.04. The first kappa shape index (κ1) is 15.3. The molecule has 0 nitrogen and oxygen atoms in total. The fraction of sp³-hybridized carbons (Fsp3) is 0.300. The summed E-state index contributed by atoms with van der Waals surface area (Å²) < 4.78 is 13.2. The lowest BCUT2D eigenvalue weighted by molar-refractivity contribution is 0.376. The van der Waals surface area contributed by atoms with Gasteiger partial charge < -0.3 is 0 Å². The Bertz CT molecular complexity index is 652. The zero-order valence-corrected chi connectivity index (χ0v) is 13.3. The molecule has 0 atom stereocenters. The largest absolute Gasteiger partial charge is 0.205 e. The minimum absolute atomic E-state index is 0.171. The molecule has 0 amide bonds. The molecule has 0 spiro atoms. The van der Waals surface area contributed by atoms with Crippen molar-refractivity contribution in [2.24, 2.45) is 5.92 Å². The second-order valence-corrected chi connectivity index (χ2v) is 6.51. The summed E-state index contributed by atoms with van der Waals surface area (Å²) in [5.74, 6) is 0.972. The van der Waals surface area contributed by atoms with Gasteiger partial charge in [0.25, 0.3) is 0 Å². The monoisotopic (exact) mass is 314 g/mol. The Morgan fingerprint density at radius 1 is 0.955 bits per heavy atom. The molecule has 0 aliphatic heterocycles. The standard InChI is InChI=1S/C20H20ClF/c1-2-14-3-5-15(6-4-14)16-7-9-17(10-8-16)18-11-12-20(22)19(21)13-18/h2,7-15H,1,3-6H2. The zero-order chi connectivity index (χ0) is 15.5. The molecule has 0 N–H and O–H groups in total. The first-order valence-corrected chi connectivity index (χ1v) is 8.23. The molecule has 2 aromatic carbocycles. The highest BCUT2D eigenvalue weighted by atomic mass is 35.5. The van der Waals surface area contributed by atoms with Crippen molar-refractivity contribution in [2.75, 3.05) is 0 Å². The minimum Gasteiger partial charge on any atom is -0.205 e. The van der Waals surface area contributed by atoms with Crippen molar-refractivity contribution in [3.8, 4) is 11.1 Å². The highest BCUT2D eigenvalue weighted by Crippen LogP contribution is 2.36. The molecule has 3 rings (SSSR count). The van der Waals surface area contributed by atoms with Crippen LogP contribution in [0.5, 0.6) is 0 Å². The van der Waals surface area contributed by atoms with Crippen LogP contribution in [0.4, 0.5) is 4.39 Å². The summed E-state index contributed by atoms with van der Waals surface area (Å²) in [6.45, 7) is 3.90. The Hall–Kier alpha value is -1.60. The molecule has 1 saturated carbocycles. The van der Waals surface area contributed by atoms with Crippen LogP contribution in [-0.2, 0) is 0 Å². The molecule has 0 heterocycles. The maximum absolute atomic E-state index is 13.2. The van der Waals surface area contributed by atoms with Crippen molar-refractivity contribution in [1.29, 1.82) is 0 Å². The van der Waals surface area contributed by atoms with Crippen LogP contribution in [0.15, 0.2) is 55.1 Å². The number of rotatable bonds is 3.